The molecule has 1 saturated carbocycles. The quantitative estimate of drug-likeness (QED) is 0.705. The zero-order valence-electron chi connectivity index (χ0n) is 11.2. The SMILES string of the molecule is CCC1CCC(NC(=O)N[C@H](CC)C(=O)O)CC1. The molecule has 1 fully saturated rings. The van der Waals surface area contributed by atoms with Gasteiger partial charge in [-0.25, -0.2) is 9.59 Å². The van der Waals surface area contributed by atoms with Gasteiger partial charge in [0.15, 0.2) is 0 Å². The Hall–Kier alpha value is -1.26. The molecule has 0 bridgehead atoms. The monoisotopic (exact) mass is 256 g/mol. The van der Waals surface area contributed by atoms with E-state index in [0.717, 1.165) is 31.6 Å². The maximum absolute atomic E-state index is 11.7. The number of carbonyl (C=O) groups is 2. The van der Waals surface area contributed by atoms with E-state index < -0.39 is 12.0 Å². The van der Waals surface area contributed by atoms with Crippen molar-refractivity contribution in [3.63, 3.8) is 0 Å². The molecule has 1 rings (SSSR count). The Morgan fingerprint density at radius 3 is 2.28 bits per heavy atom. The first-order valence-corrected chi connectivity index (χ1v) is 6.86. The fourth-order valence-electron chi connectivity index (χ4n) is 2.44. The van der Waals surface area contributed by atoms with Crippen LogP contribution in [0.2, 0.25) is 0 Å². The first-order valence-electron chi connectivity index (χ1n) is 6.86. The maximum atomic E-state index is 11.7. The van der Waals surface area contributed by atoms with Crippen LogP contribution in [0.15, 0.2) is 0 Å². The smallest absolute Gasteiger partial charge is 0.326 e. The van der Waals surface area contributed by atoms with Gasteiger partial charge in [0.05, 0.1) is 0 Å². The fraction of sp³-hybridized carbons (Fsp3) is 0.846. The summed E-state index contributed by atoms with van der Waals surface area (Å²) in [5.74, 6) is -0.198. The zero-order valence-corrected chi connectivity index (χ0v) is 11.2. The largest absolute Gasteiger partial charge is 0.480 e. The van der Waals surface area contributed by atoms with Crippen molar-refractivity contribution in [3.8, 4) is 0 Å². The first-order chi connectivity index (χ1) is 8.56. The van der Waals surface area contributed by atoms with Crippen LogP contribution in [-0.4, -0.2) is 29.2 Å². The molecule has 0 aromatic heterocycles. The molecule has 18 heavy (non-hydrogen) atoms. The molecule has 0 saturated heterocycles. The number of hydrogen-bond acceptors (Lipinski definition) is 2. The molecule has 1 atom stereocenters. The number of carbonyl (C=O) groups excluding carboxylic acids is 1. The minimum atomic E-state index is -0.984. The van der Waals surface area contributed by atoms with Crippen LogP contribution < -0.4 is 10.6 Å². The average molecular weight is 256 g/mol. The van der Waals surface area contributed by atoms with Crippen molar-refractivity contribution in [3.05, 3.63) is 0 Å². The molecular formula is C13H24N2O3. The van der Waals surface area contributed by atoms with Crippen LogP contribution in [0.1, 0.15) is 52.4 Å². The molecule has 0 spiro atoms. The molecule has 0 radical (unpaired) electrons. The molecule has 5 nitrogen and oxygen atoms in total. The van der Waals surface area contributed by atoms with Gasteiger partial charge in [0.25, 0.3) is 0 Å². The molecule has 0 aromatic carbocycles. The van der Waals surface area contributed by atoms with Crippen LogP contribution in [0.5, 0.6) is 0 Å². The standard InChI is InChI=1S/C13H24N2O3/c1-3-9-5-7-10(8-6-9)14-13(18)15-11(4-2)12(16)17/h9-11H,3-8H2,1-2H3,(H,16,17)(H2,14,15,18)/t9?,10?,11-/m1/s1. The lowest BCUT2D eigenvalue weighted by Gasteiger charge is -2.28. The Balaban J connectivity index is 2.30. The molecule has 2 amide bonds. The van der Waals surface area contributed by atoms with Gasteiger partial charge in [0, 0.05) is 6.04 Å². The van der Waals surface area contributed by atoms with E-state index in [1.807, 2.05) is 0 Å². The van der Waals surface area contributed by atoms with Crippen molar-refractivity contribution in [2.24, 2.45) is 5.92 Å². The number of carboxylic acids is 1. The second-order valence-electron chi connectivity index (χ2n) is 5.04. The lowest BCUT2D eigenvalue weighted by Crippen LogP contribution is -2.49. The average Bonchev–Trinajstić information content (AvgIpc) is 2.36. The Kier molecular flexibility index (Phi) is 5.95. The number of nitrogens with one attached hydrogen (secondary N) is 2. The van der Waals surface area contributed by atoms with E-state index >= 15 is 0 Å². The van der Waals surface area contributed by atoms with E-state index in [0.29, 0.717) is 6.42 Å². The van der Waals surface area contributed by atoms with Crippen molar-refractivity contribution in [2.75, 3.05) is 0 Å². The van der Waals surface area contributed by atoms with E-state index in [-0.39, 0.29) is 12.1 Å². The number of aliphatic carboxylic acids is 1. The summed E-state index contributed by atoms with van der Waals surface area (Å²) < 4.78 is 0. The molecule has 1 aliphatic rings. The van der Waals surface area contributed by atoms with E-state index in [1.54, 1.807) is 6.92 Å². The molecule has 104 valence electrons. The van der Waals surface area contributed by atoms with Gasteiger partial charge in [-0.15, -0.1) is 0 Å². The van der Waals surface area contributed by atoms with Crippen LogP contribution in [0.3, 0.4) is 0 Å². The zero-order chi connectivity index (χ0) is 13.5. The topological polar surface area (TPSA) is 78.4 Å². The Bertz CT molecular complexity index is 286. The Morgan fingerprint density at radius 1 is 1.22 bits per heavy atom. The Labute approximate surface area is 108 Å². The van der Waals surface area contributed by atoms with Crippen molar-refractivity contribution in [2.45, 2.75) is 64.5 Å². The highest BCUT2D eigenvalue weighted by atomic mass is 16.4. The summed E-state index contributed by atoms with van der Waals surface area (Å²) in [6.07, 6.45) is 5.89. The third-order valence-corrected chi connectivity index (χ3v) is 3.77. The minimum Gasteiger partial charge on any atom is -0.480 e. The van der Waals surface area contributed by atoms with Crippen LogP contribution in [-0.2, 0) is 4.79 Å². The van der Waals surface area contributed by atoms with Crippen LogP contribution in [0.25, 0.3) is 0 Å². The third kappa shape index (κ3) is 4.55. The van der Waals surface area contributed by atoms with Crippen molar-refractivity contribution in [1.29, 1.82) is 0 Å². The van der Waals surface area contributed by atoms with Crippen molar-refractivity contribution < 1.29 is 14.7 Å². The van der Waals surface area contributed by atoms with Crippen LogP contribution >= 0.6 is 0 Å². The van der Waals surface area contributed by atoms with Crippen LogP contribution in [0, 0.1) is 5.92 Å². The summed E-state index contributed by atoms with van der Waals surface area (Å²) in [5.41, 5.74) is 0. The second kappa shape index (κ2) is 7.24. The van der Waals surface area contributed by atoms with Gasteiger partial charge >= 0.3 is 12.0 Å². The summed E-state index contributed by atoms with van der Waals surface area (Å²) in [6, 6.07) is -0.958. The van der Waals surface area contributed by atoms with Gasteiger partial charge in [-0.3, -0.25) is 0 Å². The highest BCUT2D eigenvalue weighted by Crippen LogP contribution is 2.26. The second-order valence-corrected chi connectivity index (χ2v) is 5.04. The molecule has 0 aromatic rings. The number of urea groups is 1. The fourth-order valence-corrected chi connectivity index (χ4v) is 2.44. The molecule has 0 heterocycles. The molecular weight excluding hydrogens is 232 g/mol. The van der Waals surface area contributed by atoms with Crippen molar-refractivity contribution in [1.82, 2.24) is 10.6 Å². The summed E-state index contributed by atoms with van der Waals surface area (Å²) >= 11 is 0. The summed E-state index contributed by atoms with van der Waals surface area (Å²) in [7, 11) is 0. The molecule has 1 aliphatic carbocycles. The van der Waals surface area contributed by atoms with Crippen LogP contribution in [0.4, 0.5) is 4.79 Å². The number of carboxylic acid groups (broad SMARTS) is 1. The summed E-state index contributed by atoms with van der Waals surface area (Å²) in [5, 5.41) is 14.2. The summed E-state index contributed by atoms with van der Waals surface area (Å²) in [4.78, 5) is 22.4. The molecule has 0 unspecified atom stereocenters. The first kappa shape index (κ1) is 14.8. The predicted octanol–water partition coefficient (Wildman–Crippen LogP) is 2.12. The normalized spacial score (nSPS) is 25.2. The lowest BCUT2D eigenvalue weighted by molar-refractivity contribution is -0.139. The maximum Gasteiger partial charge on any atom is 0.326 e. The van der Waals surface area contributed by atoms with E-state index in [4.69, 9.17) is 5.11 Å². The highest BCUT2D eigenvalue weighted by Gasteiger charge is 2.23. The van der Waals surface area contributed by atoms with Gasteiger partial charge in [-0.2, -0.15) is 0 Å². The third-order valence-electron chi connectivity index (χ3n) is 3.77. The Morgan fingerprint density at radius 2 is 1.83 bits per heavy atom. The van der Waals surface area contributed by atoms with E-state index in [9.17, 15) is 9.59 Å². The van der Waals surface area contributed by atoms with Gasteiger partial charge < -0.3 is 15.7 Å². The number of amides is 2. The van der Waals surface area contributed by atoms with Gasteiger partial charge in [-0.05, 0) is 38.0 Å². The molecule has 3 N–H and O–H groups in total. The van der Waals surface area contributed by atoms with E-state index in [2.05, 4.69) is 17.6 Å². The van der Waals surface area contributed by atoms with Gasteiger partial charge in [-0.1, -0.05) is 20.3 Å². The molecule has 0 aliphatic heterocycles. The lowest BCUT2D eigenvalue weighted by atomic mass is 9.85. The van der Waals surface area contributed by atoms with E-state index in [1.165, 1.54) is 6.42 Å². The molecule has 5 heteroatoms. The van der Waals surface area contributed by atoms with Gasteiger partial charge in [0.2, 0.25) is 0 Å². The highest BCUT2D eigenvalue weighted by molar-refractivity contribution is 5.82. The number of rotatable bonds is 5. The predicted molar refractivity (Wildman–Crippen MR) is 69.4 cm³/mol. The van der Waals surface area contributed by atoms with Gasteiger partial charge in [0.1, 0.15) is 6.04 Å². The summed E-state index contributed by atoms with van der Waals surface area (Å²) in [6.45, 7) is 3.94. The van der Waals surface area contributed by atoms with Crippen molar-refractivity contribution >= 4 is 12.0 Å². The number of hydrogen-bond donors (Lipinski definition) is 3. The minimum absolute atomic E-state index is 0.194.